The van der Waals surface area contributed by atoms with E-state index in [1.54, 1.807) is 30.5 Å². The molecule has 0 fully saturated rings. The fraction of sp³-hybridized carbons (Fsp3) is 0.333. The van der Waals surface area contributed by atoms with Gasteiger partial charge >= 0.3 is 6.61 Å². The molecule has 1 atom stereocenters. The van der Waals surface area contributed by atoms with E-state index in [-0.39, 0.29) is 17.5 Å². The van der Waals surface area contributed by atoms with Gasteiger partial charge in [-0.05, 0) is 25.1 Å². The quantitative estimate of drug-likeness (QED) is 0.845. The second kappa shape index (κ2) is 7.08. The molecule has 0 amide bonds. The normalized spacial score (nSPS) is 12.4. The lowest BCUT2D eigenvalue weighted by molar-refractivity contribution is -0.0519. The third kappa shape index (κ3) is 3.95. The van der Waals surface area contributed by atoms with Gasteiger partial charge in [-0.3, -0.25) is 0 Å². The Balaban J connectivity index is 2.11. The highest BCUT2D eigenvalue weighted by Crippen LogP contribution is 2.32. The second-order valence-corrected chi connectivity index (χ2v) is 4.45. The van der Waals surface area contributed by atoms with Crippen molar-refractivity contribution in [2.45, 2.75) is 26.1 Å². The molecule has 0 saturated heterocycles. The zero-order valence-electron chi connectivity index (χ0n) is 11.8. The molecule has 1 N–H and O–H groups in total. The zero-order valence-corrected chi connectivity index (χ0v) is 11.8. The Morgan fingerprint density at radius 2 is 2.05 bits per heavy atom. The molecule has 2 rings (SSSR count). The summed E-state index contributed by atoms with van der Waals surface area (Å²) in [6, 6.07) is 8.61. The van der Waals surface area contributed by atoms with E-state index in [1.807, 2.05) is 13.0 Å². The summed E-state index contributed by atoms with van der Waals surface area (Å²) in [5.74, 6) is 1.10. The number of benzene rings is 1. The van der Waals surface area contributed by atoms with Gasteiger partial charge in [-0.25, -0.2) is 0 Å². The predicted octanol–water partition coefficient (Wildman–Crippen LogP) is 3.74. The largest absolute Gasteiger partial charge is 0.493 e. The number of ether oxygens (including phenoxy) is 2. The van der Waals surface area contributed by atoms with Gasteiger partial charge in [0.25, 0.3) is 0 Å². The number of para-hydroxylation sites is 1. The second-order valence-electron chi connectivity index (χ2n) is 4.45. The molecule has 2 aromatic rings. The maximum absolute atomic E-state index is 12.5. The van der Waals surface area contributed by atoms with Crippen molar-refractivity contribution in [1.82, 2.24) is 5.32 Å². The highest BCUT2D eigenvalue weighted by atomic mass is 19.3. The van der Waals surface area contributed by atoms with Gasteiger partial charge in [-0.2, -0.15) is 8.78 Å². The van der Waals surface area contributed by atoms with Crippen molar-refractivity contribution in [3.63, 3.8) is 0 Å². The van der Waals surface area contributed by atoms with Crippen molar-refractivity contribution >= 4 is 0 Å². The molecule has 0 aliphatic rings. The smallest absolute Gasteiger partial charge is 0.387 e. The molecule has 0 radical (unpaired) electrons. The molecule has 6 heteroatoms. The Morgan fingerprint density at radius 3 is 2.67 bits per heavy atom. The molecule has 0 aliphatic carbocycles. The molecule has 1 aromatic carbocycles. The number of halogens is 2. The number of hydrogen-bond acceptors (Lipinski definition) is 4. The molecule has 0 aliphatic heterocycles. The Bertz CT molecular complexity index is 558. The number of alkyl halides is 2. The number of rotatable bonds is 7. The molecule has 4 nitrogen and oxygen atoms in total. The lowest BCUT2D eigenvalue weighted by atomic mass is 10.1. The maximum Gasteiger partial charge on any atom is 0.387 e. The van der Waals surface area contributed by atoms with Crippen LogP contribution in [0.5, 0.6) is 11.5 Å². The lowest BCUT2D eigenvalue weighted by Crippen LogP contribution is -2.18. The van der Waals surface area contributed by atoms with Crippen LogP contribution in [0.1, 0.15) is 24.3 Å². The van der Waals surface area contributed by atoms with E-state index in [1.165, 1.54) is 7.11 Å². The minimum absolute atomic E-state index is 0.0501. The Hall–Kier alpha value is -2.08. The fourth-order valence-corrected chi connectivity index (χ4v) is 1.99. The van der Waals surface area contributed by atoms with Crippen LogP contribution >= 0.6 is 0 Å². The van der Waals surface area contributed by atoms with Gasteiger partial charge in [0.2, 0.25) is 0 Å². The third-order valence-electron chi connectivity index (χ3n) is 3.06. The summed E-state index contributed by atoms with van der Waals surface area (Å²) in [7, 11) is 1.41. The maximum atomic E-state index is 12.5. The highest BCUT2D eigenvalue weighted by molar-refractivity contribution is 5.46. The molecule has 0 saturated carbocycles. The zero-order chi connectivity index (χ0) is 15.2. The van der Waals surface area contributed by atoms with Gasteiger partial charge < -0.3 is 19.2 Å². The lowest BCUT2D eigenvalue weighted by Gasteiger charge is -2.16. The topological polar surface area (TPSA) is 43.6 Å². The Kier molecular flexibility index (Phi) is 5.16. The van der Waals surface area contributed by atoms with Gasteiger partial charge in [0.05, 0.1) is 19.4 Å². The van der Waals surface area contributed by atoms with Crippen molar-refractivity contribution in [3.05, 3.63) is 47.9 Å². The van der Waals surface area contributed by atoms with E-state index in [0.717, 1.165) is 5.76 Å². The summed E-state index contributed by atoms with van der Waals surface area (Å²) in [5, 5.41) is 3.19. The Labute approximate surface area is 121 Å². The molecule has 0 bridgehead atoms. The van der Waals surface area contributed by atoms with Gasteiger partial charge in [0, 0.05) is 12.1 Å². The highest BCUT2D eigenvalue weighted by Gasteiger charge is 2.16. The van der Waals surface area contributed by atoms with E-state index in [9.17, 15) is 8.78 Å². The van der Waals surface area contributed by atoms with E-state index in [0.29, 0.717) is 12.1 Å². The van der Waals surface area contributed by atoms with Gasteiger partial charge in [0.1, 0.15) is 5.76 Å². The van der Waals surface area contributed by atoms with Gasteiger partial charge in [-0.15, -0.1) is 0 Å². The van der Waals surface area contributed by atoms with E-state index in [4.69, 9.17) is 9.15 Å². The summed E-state index contributed by atoms with van der Waals surface area (Å²) in [6.07, 6.45) is 1.59. The molecule has 1 heterocycles. The minimum Gasteiger partial charge on any atom is -0.493 e. The van der Waals surface area contributed by atoms with E-state index < -0.39 is 6.61 Å². The summed E-state index contributed by atoms with van der Waals surface area (Å²) in [6.45, 7) is -0.629. The SMILES string of the molecule is COc1cccc(CN[C@@H](C)c2ccco2)c1OC(F)F. The van der Waals surface area contributed by atoms with E-state index in [2.05, 4.69) is 10.1 Å². The molecule has 21 heavy (non-hydrogen) atoms. The molecular weight excluding hydrogens is 280 g/mol. The summed E-state index contributed by atoms with van der Waals surface area (Å²) in [5.41, 5.74) is 0.591. The first-order valence-corrected chi connectivity index (χ1v) is 6.49. The van der Waals surface area contributed by atoms with Crippen molar-refractivity contribution in [1.29, 1.82) is 0 Å². The number of methoxy groups -OCH3 is 1. The van der Waals surface area contributed by atoms with Crippen molar-refractivity contribution < 1.29 is 22.7 Å². The molecule has 1 aromatic heterocycles. The first kappa shape index (κ1) is 15.3. The standard InChI is InChI=1S/C15H17F2NO3/c1-10(12-7-4-8-20-12)18-9-11-5-3-6-13(19-2)14(11)21-15(16)17/h3-8,10,15,18H,9H2,1-2H3/t10-/m0/s1. The van der Waals surface area contributed by atoms with Crippen LogP contribution < -0.4 is 14.8 Å². The average molecular weight is 297 g/mol. The van der Waals surface area contributed by atoms with E-state index >= 15 is 0 Å². The van der Waals surface area contributed by atoms with Crippen LogP contribution in [-0.4, -0.2) is 13.7 Å². The Morgan fingerprint density at radius 1 is 1.24 bits per heavy atom. The van der Waals surface area contributed by atoms with Crippen LogP contribution in [0.3, 0.4) is 0 Å². The van der Waals surface area contributed by atoms with Crippen LogP contribution in [0.15, 0.2) is 41.0 Å². The predicted molar refractivity (Wildman–Crippen MR) is 73.6 cm³/mol. The first-order valence-electron chi connectivity index (χ1n) is 6.49. The van der Waals surface area contributed by atoms with Crippen LogP contribution in [0.25, 0.3) is 0 Å². The van der Waals surface area contributed by atoms with Crippen molar-refractivity contribution in [2.75, 3.05) is 7.11 Å². The molecule has 0 spiro atoms. The molecular formula is C15H17F2NO3. The molecule has 114 valence electrons. The summed E-state index contributed by atoms with van der Waals surface area (Å²) in [4.78, 5) is 0. The fourth-order valence-electron chi connectivity index (χ4n) is 1.99. The van der Waals surface area contributed by atoms with Crippen LogP contribution in [0, 0.1) is 0 Å². The third-order valence-corrected chi connectivity index (χ3v) is 3.06. The van der Waals surface area contributed by atoms with Crippen LogP contribution in [0.2, 0.25) is 0 Å². The number of hydrogen-bond donors (Lipinski definition) is 1. The first-order chi connectivity index (χ1) is 10.1. The average Bonchev–Trinajstić information content (AvgIpc) is 2.99. The number of nitrogens with one attached hydrogen (secondary N) is 1. The van der Waals surface area contributed by atoms with Crippen LogP contribution in [0.4, 0.5) is 8.78 Å². The van der Waals surface area contributed by atoms with Gasteiger partial charge in [-0.1, -0.05) is 12.1 Å². The summed E-state index contributed by atoms with van der Waals surface area (Å²) >= 11 is 0. The summed E-state index contributed by atoms with van der Waals surface area (Å²) < 4.78 is 40.0. The van der Waals surface area contributed by atoms with Crippen molar-refractivity contribution in [2.24, 2.45) is 0 Å². The number of furan rings is 1. The monoisotopic (exact) mass is 297 g/mol. The minimum atomic E-state index is -2.90. The van der Waals surface area contributed by atoms with Crippen LogP contribution in [-0.2, 0) is 6.54 Å². The van der Waals surface area contributed by atoms with Crippen molar-refractivity contribution in [3.8, 4) is 11.5 Å². The molecule has 0 unspecified atom stereocenters. The van der Waals surface area contributed by atoms with Gasteiger partial charge in [0.15, 0.2) is 11.5 Å².